The van der Waals surface area contributed by atoms with Crippen LogP contribution in [0.4, 0.5) is 5.69 Å². The number of hydrogen-bond acceptors (Lipinski definition) is 6. The van der Waals surface area contributed by atoms with Crippen LogP contribution < -0.4 is 5.23 Å². The largest absolute Gasteiger partial charge is 0.595 e. The zero-order chi connectivity index (χ0) is 24.4. The Kier molecular flexibility index (Phi) is 6.50. The van der Waals surface area contributed by atoms with Crippen LogP contribution in [0.25, 0.3) is 21.8 Å². The summed E-state index contributed by atoms with van der Waals surface area (Å²) in [7, 11) is 0. The minimum atomic E-state index is -1.16. The molecule has 0 amide bonds. The van der Waals surface area contributed by atoms with E-state index in [1.807, 2.05) is 72.8 Å². The average Bonchev–Trinajstić information content (AvgIpc) is 2.88. The molecule has 4 N–H and O–H groups in total. The van der Waals surface area contributed by atoms with E-state index in [1.54, 1.807) is 12.1 Å². The first-order chi connectivity index (χ1) is 17.0. The van der Waals surface area contributed by atoms with E-state index in [4.69, 9.17) is 0 Å². The smallest absolute Gasteiger partial charge is 0.170 e. The van der Waals surface area contributed by atoms with Gasteiger partial charge in [0.15, 0.2) is 5.69 Å². The molecule has 0 aliphatic rings. The molecule has 2 heterocycles. The van der Waals surface area contributed by atoms with Crippen LogP contribution in [-0.4, -0.2) is 25.4 Å². The highest BCUT2D eigenvalue weighted by Gasteiger charge is 2.21. The van der Waals surface area contributed by atoms with Crippen molar-refractivity contribution in [1.29, 1.82) is 0 Å². The van der Waals surface area contributed by atoms with Crippen LogP contribution in [0.15, 0.2) is 91.0 Å². The third-order valence-corrected chi connectivity index (χ3v) is 6.17. The van der Waals surface area contributed by atoms with Gasteiger partial charge in [0.2, 0.25) is 0 Å². The normalized spacial score (nSPS) is 14.2. The molecule has 7 heteroatoms. The van der Waals surface area contributed by atoms with E-state index in [0.717, 1.165) is 21.8 Å². The molecule has 0 saturated heterocycles. The van der Waals surface area contributed by atoms with Gasteiger partial charge in [0, 0.05) is 46.6 Å². The van der Waals surface area contributed by atoms with Crippen LogP contribution in [-0.2, 0) is 12.8 Å². The lowest BCUT2D eigenvalue weighted by molar-refractivity contribution is -0.991. The molecule has 0 spiro atoms. The third-order valence-electron chi connectivity index (χ3n) is 6.17. The summed E-state index contributed by atoms with van der Waals surface area (Å²) < 4.78 is 0. The van der Waals surface area contributed by atoms with Crippen LogP contribution in [0.2, 0.25) is 0 Å². The first-order valence-corrected chi connectivity index (χ1v) is 11.4. The number of para-hydroxylation sites is 2. The zero-order valence-corrected chi connectivity index (χ0v) is 18.9. The van der Waals surface area contributed by atoms with Crippen molar-refractivity contribution in [3.63, 3.8) is 0 Å². The van der Waals surface area contributed by atoms with Gasteiger partial charge in [-0.25, -0.2) is 5.21 Å². The summed E-state index contributed by atoms with van der Waals surface area (Å²) in [4.78, 5) is 9.16. The highest BCUT2D eigenvalue weighted by molar-refractivity contribution is 5.79. The maximum atomic E-state index is 12.0. The van der Waals surface area contributed by atoms with Crippen molar-refractivity contribution in [2.45, 2.75) is 25.0 Å². The number of nitrogens with one attached hydrogen (secondary N) is 1. The molecule has 0 aliphatic carbocycles. The summed E-state index contributed by atoms with van der Waals surface area (Å²) >= 11 is 0. The Morgan fingerprint density at radius 3 is 1.80 bits per heavy atom. The van der Waals surface area contributed by atoms with Crippen molar-refractivity contribution in [3.05, 3.63) is 119 Å². The molecule has 0 bridgehead atoms. The Labute approximate surface area is 202 Å². The first-order valence-electron chi connectivity index (χ1n) is 11.4. The number of hydrogen-bond donors (Lipinski definition) is 4. The third kappa shape index (κ3) is 5.05. The second kappa shape index (κ2) is 9.87. The Morgan fingerprint density at radius 2 is 1.23 bits per heavy atom. The summed E-state index contributed by atoms with van der Waals surface area (Å²) in [6.07, 6.45) is -1.57. The van der Waals surface area contributed by atoms with Gasteiger partial charge in [-0.15, -0.1) is 0 Å². The maximum absolute atomic E-state index is 12.0. The fourth-order valence-corrected chi connectivity index (χ4v) is 4.32. The predicted octanol–water partition coefficient (Wildman–Crippen LogP) is 3.74. The van der Waals surface area contributed by atoms with E-state index < -0.39 is 17.4 Å². The number of rotatable bonds is 7. The molecule has 2 aromatic heterocycles. The van der Waals surface area contributed by atoms with Crippen LogP contribution in [0, 0.1) is 5.21 Å². The SMILES string of the molecule is [O-][NH+](O)c1cc(C(O)Cc2ccc3ccccc3n2)ccc1C(O)Cc1ccc2ccccc2n1. The van der Waals surface area contributed by atoms with Gasteiger partial charge >= 0.3 is 0 Å². The van der Waals surface area contributed by atoms with Gasteiger partial charge in [0.1, 0.15) is 0 Å². The number of nitrogens with zero attached hydrogens (tertiary/aromatic N) is 2. The number of aromatic nitrogens is 2. The molecular formula is C28H25N3O4. The monoisotopic (exact) mass is 467 g/mol. The van der Waals surface area contributed by atoms with Gasteiger partial charge in [-0.2, -0.15) is 5.23 Å². The lowest BCUT2D eigenvalue weighted by atomic mass is 9.97. The molecule has 3 unspecified atom stereocenters. The fraction of sp³-hybridized carbons (Fsp3) is 0.143. The van der Waals surface area contributed by atoms with Crippen molar-refractivity contribution < 1.29 is 20.6 Å². The van der Waals surface area contributed by atoms with Crippen molar-refractivity contribution in [1.82, 2.24) is 9.97 Å². The van der Waals surface area contributed by atoms with Crippen LogP contribution in [0.3, 0.4) is 0 Å². The Hall–Kier alpha value is -3.72. The number of aliphatic hydroxyl groups excluding tert-OH is 2. The summed E-state index contributed by atoms with van der Waals surface area (Å²) in [5, 5.41) is 44.4. The summed E-state index contributed by atoms with van der Waals surface area (Å²) in [6, 6.07) is 27.7. The highest BCUT2D eigenvalue weighted by Crippen LogP contribution is 2.28. The molecule has 3 aromatic carbocycles. The Balaban J connectivity index is 1.37. The van der Waals surface area contributed by atoms with Crippen molar-refractivity contribution in [3.8, 4) is 0 Å². The van der Waals surface area contributed by atoms with E-state index in [9.17, 15) is 20.6 Å². The number of pyridine rings is 2. The van der Waals surface area contributed by atoms with E-state index in [-0.39, 0.29) is 24.1 Å². The fourth-order valence-electron chi connectivity index (χ4n) is 4.32. The van der Waals surface area contributed by atoms with Gasteiger partial charge in [-0.05, 0) is 35.9 Å². The quantitative estimate of drug-likeness (QED) is 0.271. The minimum Gasteiger partial charge on any atom is -0.595 e. The zero-order valence-electron chi connectivity index (χ0n) is 18.9. The average molecular weight is 468 g/mol. The Morgan fingerprint density at radius 1 is 0.686 bits per heavy atom. The van der Waals surface area contributed by atoms with Crippen molar-refractivity contribution in [2.24, 2.45) is 0 Å². The summed E-state index contributed by atoms with van der Waals surface area (Å²) in [6.45, 7) is 0. The van der Waals surface area contributed by atoms with Gasteiger partial charge in [0.05, 0.1) is 23.2 Å². The van der Waals surface area contributed by atoms with E-state index >= 15 is 0 Å². The minimum absolute atomic E-state index is 0.0405. The number of benzene rings is 3. The molecule has 0 saturated carbocycles. The van der Waals surface area contributed by atoms with E-state index in [2.05, 4.69) is 9.97 Å². The molecule has 5 aromatic rings. The van der Waals surface area contributed by atoms with Gasteiger partial charge in [-0.3, -0.25) is 9.97 Å². The number of fused-ring (bicyclic) bond motifs is 2. The standard InChI is InChI=1S/C28H25N3O4/c32-27(16-21-12-9-18-5-1-3-7-24(18)29-21)20-11-14-23(26(15-20)31(34)35)28(33)17-22-13-10-19-6-2-4-8-25(19)30-22/h1-15,27-28,31-34H,16-17H2. The second-order valence-electron chi connectivity index (χ2n) is 8.58. The Bertz CT molecular complexity index is 1490. The molecule has 0 aliphatic heterocycles. The molecular weight excluding hydrogens is 442 g/mol. The molecule has 0 fully saturated rings. The van der Waals surface area contributed by atoms with Gasteiger partial charge in [-0.1, -0.05) is 54.6 Å². The van der Waals surface area contributed by atoms with E-state index in [1.165, 1.54) is 6.07 Å². The first kappa shape index (κ1) is 23.0. The van der Waals surface area contributed by atoms with Crippen LogP contribution in [0.1, 0.15) is 34.7 Å². The molecule has 0 radical (unpaired) electrons. The van der Waals surface area contributed by atoms with Crippen molar-refractivity contribution in [2.75, 3.05) is 0 Å². The predicted molar refractivity (Wildman–Crippen MR) is 133 cm³/mol. The topological polar surface area (TPSA) is 114 Å². The number of quaternary nitrogens is 1. The maximum Gasteiger partial charge on any atom is 0.170 e. The van der Waals surface area contributed by atoms with Crippen molar-refractivity contribution >= 4 is 27.5 Å². The number of aliphatic hydroxyl groups is 2. The molecule has 35 heavy (non-hydrogen) atoms. The van der Waals surface area contributed by atoms with Crippen LogP contribution in [0.5, 0.6) is 0 Å². The summed E-state index contributed by atoms with van der Waals surface area (Å²) in [5.74, 6) is 0. The van der Waals surface area contributed by atoms with Gasteiger partial charge < -0.3 is 15.4 Å². The lowest BCUT2D eigenvalue weighted by Crippen LogP contribution is -2.99. The molecule has 3 atom stereocenters. The van der Waals surface area contributed by atoms with Gasteiger partial charge in [0.25, 0.3) is 0 Å². The lowest BCUT2D eigenvalue weighted by Gasteiger charge is -2.21. The molecule has 5 rings (SSSR count). The van der Waals surface area contributed by atoms with Crippen LogP contribution >= 0.6 is 0 Å². The summed E-state index contributed by atoms with van der Waals surface area (Å²) in [5.41, 5.74) is 3.73. The highest BCUT2D eigenvalue weighted by atomic mass is 16.8. The second-order valence-corrected chi connectivity index (χ2v) is 8.58. The molecule has 176 valence electrons. The molecule has 7 nitrogen and oxygen atoms in total. The van der Waals surface area contributed by atoms with E-state index in [0.29, 0.717) is 17.0 Å².